The lowest BCUT2D eigenvalue weighted by Gasteiger charge is -2.33. The van der Waals surface area contributed by atoms with Gasteiger partial charge in [-0.3, -0.25) is 9.59 Å². The largest absolute Gasteiger partial charge is 0.465 e. The summed E-state index contributed by atoms with van der Waals surface area (Å²) in [5.74, 6) is 2.80. The topological polar surface area (TPSA) is 93.0 Å². The van der Waals surface area contributed by atoms with Crippen LogP contribution in [0.15, 0.2) is 34.7 Å². The molecule has 3 atom stereocenters. The van der Waals surface area contributed by atoms with Crippen LogP contribution in [0, 0.1) is 12.8 Å². The standard InChI is InChI=1S/C22H25N3O5/c1-13-4-6-18(30-13)16-10-17(24-23-16)22(27)25-8-2-3-15(11-25)21(26)14-5-7-19-20(9-14)29-12-28-19/h4-7,9,15-17,23-24H,2-3,8,10-12H2,1H3. The Labute approximate surface area is 174 Å². The van der Waals surface area contributed by atoms with E-state index in [0.717, 1.165) is 24.4 Å². The fourth-order valence-corrected chi connectivity index (χ4v) is 4.44. The van der Waals surface area contributed by atoms with Crippen molar-refractivity contribution in [2.45, 2.75) is 38.3 Å². The van der Waals surface area contributed by atoms with E-state index in [9.17, 15) is 9.59 Å². The van der Waals surface area contributed by atoms with Crippen LogP contribution in [0.2, 0.25) is 0 Å². The monoisotopic (exact) mass is 411 g/mol. The highest BCUT2D eigenvalue weighted by atomic mass is 16.7. The maximum absolute atomic E-state index is 13.1. The van der Waals surface area contributed by atoms with Crippen molar-refractivity contribution in [1.82, 2.24) is 15.8 Å². The molecule has 3 unspecified atom stereocenters. The number of hydrogen-bond donors (Lipinski definition) is 2. The van der Waals surface area contributed by atoms with Gasteiger partial charge in [-0.2, -0.15) is 0 Å². The maximum Gasteiger partial charge on any atom is 0.241 e. The van der Waals surface area contributed by atoms with E-state index in [4.69, 9.17) is 13.9 Å². The van der Waals surface area contributed by atoms with Gasteiger partial charge in [0.05, 0.1) is 6.04 Å². The number of hydrogen-bond acceptors (Lipinski definition) is 7. The minimum Gasteiger partial charge on any atom is -0.465 e. The molecule has 30 heavy (non-hydrogen) atoms. The number of piperidine rings is 1. The summed E-state index contributed by atoms with van der Waals surface area (Å²) in [5, 5.41) is 0. The molecule has 0 radical (unpaired) electrons. The highest BCUT2D eigenvalue weighted by molar-refractivity contribution is 5.99. The summed E-state index contributed by atoms with van der Waals surface area (Å²) < 4.78 is 16.4. The van der Waals surface area contributed by atoms with E-state index in [1.165, 1.54) is 0 Å². The SMILES string of the molecule is Cc1ccc(C2CC(C(=O)N3CCCC(C(=O)c4ccc5c(c4)OCO5)C3)NN2)o1. The van der Waals surface area contributed by atoms with E-state index in [0.29, 0.717) is 36.6 Å². The molecule has 0 bridgehead atoms. The zero-order valence-electron chi connectivity index (χ0n) is 16.8. The Morgan fingerprint density at radius 2 is 1.97 bits per heavy atom. The fourth-order valence-electron chi connectivity index (χ4n) is 4.44. The number of carbonyl (C=O) groups excluding carboxylic acids is 2. The molecule has 8 nitrogen and oxygen atoms in total. The number of nitrogens with one attached hydrogen (secondary N) is 2. The van der Waals surface area contributed by atoms with Gasteiger partial charge in [0.2, 0.25) is 12.7 Å². The Kier molecular flexibility index (Phi) is 4.96. The minimum atomic E-state index is -0.334. The molecule has 158 valence electrons. The number of likely N-dealkylation sites (tertiary alicyclic amines) is 1. The van der Waals surface area contributed by atoms with Crippen LogP contribution in [0.3, 0.4) is 0 Å². The van der Waals surface area contributed by atoms with Crippen LogP contribution in [-0.4, -0.2) is 42.5 Å². The van der Waals surface area contributed by atoms with Gasteiger partial charge in [0.1, 0.15) is 17.6 Å². The second-order valence-corrected chi connectivity index (χ2v) is 8.13. The number of furan rings is 1. The summed E-state index contributed by atoms with van der Waals surface area (Å²) in [6.07, 6.45) is 2.21. The van der Waals surface area contributed by atoms with E-state index in [1.807, 2.05) is 24.0 Å². The normalized spacial score (nSPS) is 25.5. The third-order valence-corrected chi connectivity index (χ3v) is 6.07. The lowest BCUT2D eigenvalue weighted by molar-refractivity contribution is -0.134. The van der Waals surface area contributed by atoms with Gasteiger partial charge in [0, 0.05) is 24.6 Å². The molecule has 3 aliphatic heterocycles. The van der Waals surface area contributed by atoms with Gasteiger partial charge in [-0.05, 0) is 56.5 Å². The second kappa shape index (κ2) is 7.77. The smallest absolute Gasteiger partial charge is 0.241 e. The summed E-state index contributed by atoms with van der Waals surface area (Å²) in [5.41, 5.74) is 6.86. The Bertz CT molecular complexity index is 971. The average molecular weight is 411 g/mol. The quantitative estimate of drug-likeness (QED) is 0.746. The van der Waals surface area contributed by atoms with Gasteiger partial charge in [-0.1, -0.05) is 0 Å². The second-order valence-electron chi connectivity index (χ2n) is 8.13. The number of amides is 1. The number of rotatable bonds is 4. The lowest BCUT2D eigenvalue weighted by atomic mass is 9.89. The summed E-state index contributed by atoms with van der Waals surface area (Å²) >= 11 is 0. The zero-order chi connectivity index (χ0) is 20.7. The van der Waals surface area contributed by atoms with Gasteiger partial charge >= 0.3 is 0 Å². The van der Waals surface area contributed by atoms with E-state index in [-0.39, 0.29) is 36.5 Å². The number of benzene rings is 1. The maximum atomic E-state index is 13.1. The molecular formula is C22H25N3O5. The number of ether oxygens (including phenoxy) is 2. The molecule has 8 heteroatoms. The van der Waals surface area contributed by atoms with Crippen molar-refractivity contribution in [2.24, 2.45) is 5.92 Å². The van der Waals surface area contributed by atoms with Crippen LogP contribution in [0.4, 0.5) is 0 Å². The first-order chi connectivity index (χ1) is 14.6. The Balaban J connectivity index is 1.23. The molecule has 2 aromatic rings. The van der Waals surface area contributed by atoms with E-state index in [1.54, 1.807) is 18.2 Å². The molecule has 2 saturated heterocycles. The summed E-state index contributed by atoms with van der Waals surface area (Å²) in [4.78, 5) is 28.0. The molecule has 1 amide bonds. The van der Waals surface area contributed by atoms with E-state index in [2.05, 4.69) is 10.9 Å². The van der Waals surface area contributed by atoms with Gasteiger partial charge in [0.15, 0.2) is 17.3 Å². The van der Waals surface area contributed by atoms with Crippen LogP contribution in [0.5, 0.6) is 11.5 Å². The molecular weight excluding hydrogens is 386 g/mol. The molecule has 1 aromatic carbocycles. The fraction of sp³-hybridized carbons (Fsp3) is 0.455. The van der Waals surface area contributed by atoms with Crippen molar-refractivity contribution >= 4 is 11.7 Å². The lowest BCUT2D eigenvalue weighted by Crippen LogP contribution is -2.50. The number of fused-ring (bicyclic) bond motifs is 1. The van der Waals surface area contributed by atoms with E-state index >= 15 is 0 Å². The molecule has 0 aliphatic carbocycles. The van der Waals surface area contributed by atoms with Crippen LogP contribution < -0.4 is 20.3 Å². The summed E-state index contributed by atoms with van der Waals surface area (Å²) in [6, 6.07) is 8.76. The Morgan fingerprint density at radius 1 is 1.10 bits per heavy atom. The van der Waals surface area contributed by atoms with Crippen molar-refractivity contribution in [3.8, 4) is 11.5 Å². The van der Waals surface area contributed by atoms with Crippen molar-refractivity contribution in [1.29, 1.82) is 0 Å². The van der Waals surface area contributed by atoms with E-state index < -0.39 is 0 Å². The number of ketones is 1. The number of nitrogens with zero attached hydrogens (tertiary/aromatic N) is 1. The zero-order valence-corrected chi connectivity index (χ0v) is 16.8. The van der Waals surface area contributed by atoms with Gasteiger partial charge in [0.25, 0.3) is 0 Å². The molecule has 2 fully saturated rings. The predicted molar refractivity (Wildman–Crippen MR) is 107 cm³/mol. The number of aryl methyl sites for hydroxylation is 1. The molecule has 0 saturated carbocycles. The first-order valence-electron chi connectivity index (χ1n) is 10.4. The molecule has 3 aliphatic rings. The number of carbonyl (C=O) groups is 2. The third-order valence-electron chi connectivity index (χ3n) is 6.07. The summed E-state index contributed by atoms with van der Waals surface area (Å²) in [6.45, 7) is 3.19. The predicted octanol–water partition coefficient (Wildman–Crippen LogP) is 2.35. The van der Waals surface area contributed by atoms with Crippen LogP contribution in [-0.2, 0) is 4.79 Å². The highest BCUT2D eigenvalue weighted by Gasteiger charge is 2.37. The number of hydrazine groups is 1. The van der Waals surface area contributed by atoms with Crippen molar-refractivity contribution in [3.63, 3.8) is 0 Å². The third kappa shape index (κ3) is 3.57. The number of Topliss-reactive ketones (excluding diaryl/α,β-unsaturated/α-hetero) is 1. The molecule has 1 aromatic heterocycles. The van der Waals surface area contributed by atoms with Crippen LogP contribution in [0.1, 0.15) is 47.2 Å². The van der Waals surface area contributed by atoms with Gasteiger partial charge in [-0.25, -0.2) is 10.9 Å². The average Bonchev–Trinajstić information content (AvgIpc) is 3.52. The minimum absolute atomic E-state index is 0.0245. The first-order valence-corrected chi connectivity index (χ1v) is 10.4. The summed E-state index contributed by atoms with van der Waals surface area (Å²) in [7, 11) is 0. The highest BCUT2D eigenvalue weighted by Crippen LogP contribution is 2.34. The Hall–Kier alpha value is -2.84. The van der Waals surface area contributed by atoms with Crippen molar-refractivity contribution in [2.75, 3.05) is 19.9 Å². The van der Waals surface area contributed by atoms with Crippen molar-refractivity contribution < 1.29 is 23.5 Å². The first kappa shape index (κ1) is 19.1. The van der Waals surface area contributed by atoms with Crippen LogP contribution in [0.25, 0.3) is 0 Å². The molecule has 5 rings (SSSR count). The molecule has 0 spiro atoms. The van der Waals surface area contributed by atoms with Crippen molar-refractivity contribution in [3.05, 3.63) is 47.4 Å². The van der Waals surface area contributed by atoms with Gasteiger partial charge < -0.3 is 18.8 Å². The van der Waals surface area contributed by atoms with Crippen LogP contribution >= 0.6 is 0 Å². The molecule has 2 N–H and O–H groups in total. The Morgan fingerprint density at radius 3 is 2.80 bits per heavy atom. The molecule has 4 heterocycles. The van der Waals surface area contributed by atoms with Gasteiger partial charge in [-0.15, -0.1) is 0 Å².